The summed E-state index contributed by atoms with van der Waals surface area (Å²) >= 11 is 0. The van der Waals surface area contributed by atoms with Gasteiger partial charge in [0.15, 0.2) is 9.84 Å². The lowest BCUT2D eigenvalue weighted by molar-refractivity contribution is 0.108. The van der Waals surface area contributed by atoms with Crippen LogP contribution in [0.15, 0.2) is 59.5 Å². The summed E-state index contributed by atoms with van der Waals surface area (Å²) in [6.45, 7) is 8.78. The normalized spacial score (nSPS) is 23.1. The molecule has 1 saturated carbocycles. The Morgan fingerprint density at radius 1 is 0.968 bits per heavy atom. The van der Waals surface area contributed by atoms with Crippen LogP contribution >= 0.6 is 0 Å². The fourth-order valence-corrected chi connectivity index (χ4v) is 5.81. The molecule has 1 aliphatic heterocycles. The van der Waals surface area contributed by atoms with Crippen LogP contribution in [0.3, 0.4) is 0 Å². The minimum Gasteiger partial charge on any atom is -0.368 e. The first kappa shape index (κ1) is 22.3. The largest absolute Gasteiger partial charge is 0.368 e. The third kappa shape index (κ3) is 5.50. The molecule has 0 amide bonds. The second-order valence-corrected chi connectivity index (χ2v) is 12.3. The minimum absolute atomic E-state index is 0.326. The summed E-state index contributed by atoms with van der Waals surface area (Å²) in [5.74, 6) is 0.777. The Morgan fingerprint density at radius 2 is 1.68 bits per heavy atom. The van der Waals surface area contributed by atoms with Crippen molar-refractivity contribution in [1.82, 2.24) is 4.90 Å². The summed E-state index contributed by atoms with van der Waals surface area (Å²) in [6, 6.07) is 18.5. The standard InChI is InChI=1S/C26H36N2O2S/c1-26(2)14-12-21(13-15-26)19-28-17-16-27(20-25(28)22-8-5-4-6-9-22)23-10-7-11-24(18-23)31(3,29)30/h4-11,18,21,25H,12-17,19-20H2,1-3H3/t25-/m1/s1. The molecule has 2 aliphatic rings. The number of nitrogens with zero attached hydrogens (tertiary/aromatic N) is 2. The lowest BCUT2D eigenvalue weighted by atomic mass is 9.73. The third-order valence-electron chi connectivity index (χ3n) is 7.24. The molecule has 168 valence electrons. The zero-order chi connectivity index (χ0) is 22.1. The van der Waals surface area contributed by atoms with E-state index in [1.807, 2.05) is 18.2 Å². The minimum atomic E-state index is -3.21. The Labute approximate surface area is 188 Å². The number of sulfone groups is 1. The van der Waals surface area contributed by atoms with E-state index < -0.39 is 9.84 Å². The van der Waals surface area contributed by atoms with Crippen molar-refractivity contribution in [3.05, 3.63) is 60.2 Å². The highest BCUT2D eigenvalue weighted by Crippen LogP contribution is 2.39. The summed E-state index contributed by atoms with van der Waals surface area (Å²) in [4.78, 5) is 5.43. The number of benzene rings is 2. The van der Waals surface area contributed by atoms with Crippen LogP contribution in [0.4, 0.5) is 5.69 Å². The molecule has 4 rings (SSSR count). The van der Waals surface area contributed by atoms with Gasteiger partial charge in [-0.3, -0.25) is 4.90 Å². The highest BCUT2D eigenvalue weighted by atomic mass is 32.2. The molecule has 1 aliphatic carbocycles. The smallest absolute Gasteiger partial charge is 0.175 e. The Hall–Kier alpha value is -1.85. The van der Waals surface area contributed by atoms with Crippen molar-refractivity contribution in [2.45, 2.75) is 50.5 Å². The Bertz CT molecular complexity index is 977. The molecule has 4 nitrogen and oxygen atoms in total. The zero-order valence-electron chi connectivity index (χ0n) is 19.1. The van der Waals surface area contributed by atoms with Gasteiger partial charge in [-0.1, -0.05) is 50.2 Å². The van der Waals surface area contributed by atoms with Gasteiger partial charge in [-0.2, -0.15) is 0 Å². The quantitative estimate of drug-likeness (QED) is 0.643. The molecule has 5 heteroatoms. The molecule has 1 atom stereocenters. The van der Waals surface area contributed by atoms with Gasteiger partial charge >= 0.3 is 0 Å². The number of piperazine rings is 1. The van der Waals surface area contributed by atoms with Crippen molar-refractivity contribution in [3.8, 4) is 0 Å². The van der Waals surface area contributed by atoms with Gasteiger partial charge in [0, 0.05) is 38.1 Å². The van der Waals surface area contributed by atoms with Gasteiger partial charge in [-0.25, -0.2) is 8.42 Å². The van der Waals surface area contributed by atoms with Gasteiger partial charge in [0.2, 0.25) is 0 Å². The molecule has 0 aromatic heterocycles. The van der Waals surface area contributed by atoms with E-state index in [1.165, 1.54) is 37.5 Å². The fourth-order valence-electron chi connectivity index (χ4n) is 5.15. The van der Waals surface area contributed by atoms with Gasteiger partial charge < -0.3 is 4.90 Å². The van der Waals surface area contributed by atoms with Crippen molar-refractivity contribution in [2.75, 3.05) is 37.3 Å². The molecule has 2 aromatic rings. The van der Waals surface area contributed by atoms with E-state index in [2.05, 4.69) is 54.0 Å². The van der Waals surface area contributed by atoms with Crippen LogP contribution in [0.25, 0.3) is 0 Å². The molecular formula is C26H36N2O2S. The number of hydrogen-bond acceptors (Lipinski definition) is 4. The van der Waals surface area contributed by atoms with E-state index in [0.717, 1.165) is 37.8 Å². The molecule has 31 heavy (non-hydrogen) atoms. The van der Waals surface area contributed by atoms with E-state index in [0.29, 0.717) is 16.4 Å². The summed E-state index contributed by atoms with van der Waals surface area (Å²) in [7, 11) is -3.21. The van der Waals surface area contributed by atoms with Crippen LogP contribution < -0.4 is 4.90 Å². The first-order valence-electron chi connectivity index (χ1n) is 11.6. The second-order valence-electron chi connectivity index (χ2n) is 10.2. The van der Waals surface area contributed by atoms with E-state index in [1.54, 1.807) is 6.07 Å². The van der Waals surface area contributed by atoms with Gasteiger partial charge in [0.1, 0.15) is 0 Å². The van der Waals surface area contributed by atoms with Gasteiger partial charge in [0.05, 0.1) is 10.9 Å². The SMILES string of the molecule is CC1(C)CCC(CN2CCN(c3cccc(S(C)(=O)=O)c3)C[C@@H]2c2ccccc2)CC1. The molecule has 0 radical (unpaired) electrons. The Morgan fingerprint density at radius 3 is 2.35 bits per heavy atom. The second kappa shape index (κ2) is 8.95. The first-order chi connectivity index (χ1) is 14.7. The van der Waals surface area contributed by atoms with E-state index in [-0.39, 0.29) is 0 Å². The summed E-state index contributed by atoms with van der Waals surface area (Å²) < 4.78 is 24.1. The lowest BCUT2D eigenvalue weighted by Gasteiger charge is -2.45. The number of anilines is 1. The highest BCUT2D eigenvalue weighted by molar-refractivity contribution is 7.90. The summed E-state index contributed by atoms with van der Waals surface area (Å²) in [6.07, 6.45) is 6.58. The Balaban J connectivity index is 1.53. The molecule has 0 N–H and O–H groups in total. The molecule has 1 saturated heterocycles. The average molecular weight is 441 g/mol. The van der Waals surface area contributed by atoms with Crippen molar-refractivity contribution >= 4 is 15.5 Å². The molecule has 0 unspecified atom stereocenters. The average Bonchev–Trinajstić information content (AvgIpc) is 2.75. The van der Waals surface area contributed by atoms with Crippen LogP contribution in [0.1, 0.15) is 51.1 Å². The predicted octanol–water partition coefficient (Wildman–Crippen LogP) is 5.17. The van der Waals surface area contributed by atoms with E-state index >= 15 is 0 Å². The number of hydrogen-bond donors (Lipinski definition) is 0. The summed E-state index contributed by atoms with van der Waals surface area (Å²) in [5.41, 5.74) is 2.85. The topological polar surface area (TPSA) is 40.6 Å². The van der Waals surface area contributed by atoms with Crippen molar-refractivity contribution in [3.63, 3.8) is 0 Å². The fraction of sp³-hybridized carbons (Fsp3) is 0.538. The monoisotopic (exact) mass is 440 g/mol. The van der Waals surface area contributed by atoms with Crippen molar-refractivity contribution < 1.29 is 8.42 Å². The number of rotatable bonds is 5. The van der Waals surface area contributed by atoms with E-state index in [4.69, 9.17) is 0 Å². The van der Waals surface area contributed by atoms with Crippen LogP contribution in [-0.2, 0) is 9.84 Å². The maximum Gasteiger partial charge on any atom is 0.175 e. The molecule has 1 heterocycles. The third-order valence-corrected chi connectivity index (χ3v) is 8.35. The van der Waals surface area contributed by atoms with Crippen LogP contribution in [0, 0.1) is 11.3 Å². The maximum absolute atomic E-state index is 12.0. The van der Waals surface area contributed by atoms with Crippen LogP contribution in [0.5, 0.6) is 0 Å². The molecular weight excluding hydrogens is 404 g/mol. The van der Waals surface area contributed by atoms with Gasteiger partial charge in [-0.15, -0.1) is 0 Å². The van der Waals surface area contributed by atoms with Crippen molar-refractivity contribution in [1.29, 1.82) is 0 Å². The molecule has 2 fully saturated rings. The van der Waals surface area contributed by atoms with E-state index in [9.17, 15) is 8.42 Å². The highest BCUT2D eigenvalue weighted by Gasteiger charge is 2.33. The zero-order valence-corrected chi connectivity index (χ0v) is 19.9. The van der Waals surface area contributed by atoms with Crippen molar-refractivity contribution in [2.24, 2.45) is 11.3 Å². The van der Waals surface area contributed by atoms with Crippen LogP contribution in [-0.4, -0.2) is 45.8 Å². The summed E-state index contributed by atoms with van der Waals surface area (Å²) in [5, 5.41) is 0. The Kier molecular flexibility index (Phi) is 6.45. The molecule has 0 bridgehead atoms. The predicted molar refractivity (Wildman–Crippen MR) is 128 cm³/mol. The van der Waals surface area contributed by atoms with Crippen LogP contribution in [0.2, 0.25) is 0 Å². The molecule has 0 spiro atoms. The molecule has 2 aromatic carbocycles. The van der Waals surface area contributed by atoms with Gasteiger partial charge in [0.25, 0.3) is 0 Å². The van der Waals surface area contributed by atoms with Gasteiger partial charge in [-0.05, 0) is 60.8 Å². The first-order valence-corrected chi connectivity index (χ1v) is 13.4. The maximum atomic E-state index is 12.0. The lowest BCUT2D eigenvalue weighted by Crippen LogP contribution is -2.50.